The van der Waals surface area contributed by atoms with E-state index in [1.165, 1.54) is 11.1 Å². The number of hydrogen-bond acceptors (Lipinski definition) is 3. The second kappa shape index (κ2) is 5.78. The molecule has 1 heterocycles. The van der Waals surface area contributed by atoms with Crippen LogP contribution in [0.1, 0.15) is 31.4 Å². The van der Waals surface area contributed by atoms with Gasteiger partial charge in [0.25, 0.3) is 0 Å². The van der Waals surface area contributed by atoms with E-state index in [1.54, 1.807) is 0 Å². The molecule has 0 amide bonds. The number of rotatable bonds is 4. The van der Waals surface area contributed by atoms with Crippen molar-refractivity contribution in [3.63, 3.8) is 0 Å². The van der Waals surface area contributed by atoms with E-state index < -0.39 is 0 Å². The fourth-order valence-corrected chi connectivity index (χ4v) is 2.59. The van der Waals surface area contributed by atoms with E-state index in [0.717, 1.165) is 30.8 Å². The Morgan fingerprint density at radius 3 is 2.71 bits per heavy atom. The highest BCUT2D eigenvalue weighted by Gasteiger charge is 2.26. The standard InChI is InChI=1S/C18H22N2O/c1-18(2)11-10-15-12-14(8-9-17(15)21-18)13-19-20-16-6-4-3-5-7-16/h3-9,12,19-20H,10-11,13H2,1-2H3. The molecule has 0 aliphatic carbocycles. The molecule has 2 N–H and O–H groups in total. The summed E-state index contributed by atoms with van der Waals surface area (Å²) in [5, 5.41) is 0. The van der Waals surface area contributed by atoms with E-state index in [9.17, 15) is 0 Å². The molecular weight excluding hydrogens is 260 g/mol. The summed E-state index contributed by atoms with van der Waals surface area (Å²) < 4.78 is 6.01. The van der Waals surface area contributed by atoms with E-state index in [4.69, 9.17) is 4.74 Å². The van der Waals surface area contributed by atoms with Crippen LogP contribution in [-0.4, -0.2) is 5.60 Å². The van der Waals surface area contributed by atoms with Crippen molar-refractivity contribution in [3.05, 3.63) is 59.7 Å². The van der Waals surface area contributed by atoms with Crippen molar-refractivity contribution >= 4 is 5.69 Å². The summed E-state index contributed by atoms with van der Waals surface area (Å²) in [7, 11) is 0. The summed E-state index contributed by atoms with van der Waals surface area (Å²) in [6.45, 7) is 5.08. The Morgan fingerprint density at radius 2 is 1.90 bits per heavy atom. The molecule has 2 aromatic carbocycles. The molecule has 0 unspecified atom stereocenters. The molecule has 0 spiro atoms. The molecule has 0 saturated heterocycles. The van der Waals surface area contributed by atoms with Gasteiger partial charge in [0.15, 0.2) is 0 Å². The van der Waals surface area contributed by atoms with Crippen LogP contribution in [0.4, 0.5) is 5.69 Å². The van der Waals surface area contributed by atoms with Crippen LogP contribution in [0.5, 0.6) is 5.75 Å². The van der Waals surface area contributed by atoms with Crippen LogP contribution in [0.25, 0.3) is 0 Å². The van der Waals surface area contributed by atoms with Crippen LogP contribution in [0.3, 0.4) is 0 Å². The number of fused-ring (bicyclic) bond motifs is 1. The molecular formula is C18H22N2O. The summed E-state index contributed by atoms with van der Waals surface area (Å²) in [5.41, 5.74) is 10.1. The Bertz CT molecular complexity index is 608. The van der Waals surface area contributed by atoms with Crippen LogP contribution in [0.15, 0.2) is 48.5 Å². The van der Waals surface area contributed by atoms with E-state index in [-0.39, 0.29) is 5.60 Å². The first-order chi connectivity index (χ1) is 10.1. The van der Waals surface area contributed by atoms with E-state index >= 15 is 0 Å². The van der Waals surface area contributed by atoms with Gasteiger partial charge in [0.05, 0.1) is 0 Å². The lowest BCUT2D eigenvalue weighted by atomic mass is 9.93. The van der Waals surface area contributed by atoms with Crippen molar-refractivity contribution in [2.24, 2.45) is 0 Å². The number of anilines is 1. The largest absolute Gasteiger partial charge is 0.488 e. The Labute approximate surface area is 126 Å². The maximum Gasteiger partial charge on any atom is 0.123 e. The molecule has 0 bridgehead atoms. The van der Waals surface area contributed by atoms with Gasteiger partial charge < -0.3 is 10.2 Å². The average molecular weight is 282 g/mol. The Balaban J connectivity index is 1.60. The number of nitrogens with one attached hydrogen (secondary N) is 2. The SMILES string of the molecule is CC1(C)CCc2cc(CNNc3ccccc3)ccc2O1. The van der Waals surface area contributed by atoms with Gasteiger partial charge in [-0.3, -0.25) is 0 Å². The third-order valence-corrected chi connectivity index (χ3v) is 3.81. The van der Waals surface area contributed by atoms with Crippen molar-refractivity contribution < 1.29 is 4.74 Å². The molecule has 0 fully saturated rings. The molecule has 0 saturated carbocycles. The minimum Gasteiger partial charge on any atom is -0.488 e. The number of hydrogen-bond donors (Lipinski definition) is 2. The third kappa shape index (κ3) is 3.56. The lowest BCUT2D eigenvalue weighted by Gasteiger charge is -2.32. The number of benzene rings is 2. The minimum absolute atomic E-state index is 0.0400. The van der Waals surface area contributed by atoms with E-state index in [0.29, 0.717) is 0 Å². The minimum atomic E-state index is -0.0400. The zero-order valence-electron chi connectivity index (χ0n) is 12.6. The van der Waals surface area contributed by atoms with Gasteiger partial charge in [0.1, 0.15) is 11.4 Å². The van der Waals surface area contributed by atoms with Crippen molar-refractivity contribution in [1.82, 2.24) is 5.43 Å². The molecule has 21 heavy (non-hydrogen) atoms. The number of para-hydroxylation sites is 1. The van der Waals surface area contributed by atoms with Gasteiger partial charge in [-0.15, -0.1) is 0 Å². The van der Waals surface area contributed by atoms with Gasteiger partial charge in [0.2, 0.25) is 0 Å². The molecule has 1 aliphatic heterocycles. The second-order valence-electron chi connectivity index (χ2n) is 6.15. The van der Waals surface area contributed by atoms with Crippen molar-refractivity contribution in [1.29, 1.82) is 0 Å². The lowest BCUT2D eigenvalue weighted by molar-refractivity contribution is 0.0846. The van der Waals surface area contributed by atoms with Gasteiger partial charge in [-0.25, -0.2) is 5.43 Å². The predicted molar refractivity (Wildman–Crippen MR) is 86.4 cm³/mol. The van der Waals surface area contributed by atoms with Crippen molar-refractivity contribution in [2.45, 2.75) is 38.8 Å². The van der Waals surface area contributed by atoms with Gasteiger partial charge in [-0.2, -0.15) is 0 Å². The first kappa shape index (κ1) is 14.0. The Hall–Kier alpha value is -2.00. The maximum atomic E-state index is 6.01. The maximum absolute atomic E-state index is 6.01. The van der Waals surface area contributed by atoms with Gasteiger partial charge in [0, 0.05) is 12.2 Å². The lowest BCUT2D eigenvalue weighted by Crippen LogP contribution is -2.32. The molecule has 3 rings (SSSR count). The van der Waals surface area contributed by atoms with E-state index in [1.807, 2.05) is 30.3 Å². The summed E-state index contributed by atoms with van der Waals surface area (Å²) >= 11 is 0. The fraction of sp³-hybridized carbons (Fsp3) is 0.333. The summed E-state index contributed by atoms with van der Waals surface area (Å²) in [5.74, 6) is 1.03. The first-order valence-corrected chi connectivity index (χ1v) is 7.47. The second-order valence-corrected chi connectivity index (χ2v) is 6.15. The molecule has 0 atom stereocenters. The van der Waals surface area contributed by atoms with Gasteiger partial charge in [-0.05, 0) is 56.0 Å². The number of hydrazine groups is 1. The van der Waals surface area contributed by atoms with Crippen LogP contribution in [0, 0.1) is 0 Å². The van der Waals surface area contributed by atoms with E-state index in [2.05, 4.69) is 42.9 Å². The average Bonchev–Trinajstić information content (AvgIpc) is 2.48. The fourth-order valence-electron chi connectivity index (χ4n) is 2.59. The smallest absolute Gasteiger partial charge is 0.123 e. The number of aryl methyl sites for hydroxylation is 1. The highest BCUT2D eigenvalue weighted by Crippen LogP contribution is 2.33. The van der Waals surface area contributed by atoms with Crippen molar-refractivity contribution in [3.8, 4) is 5.75 Å². The molecule has 2 aromatic rings. The molecule has 110 valence electrons. The molecule has 1 aliphatic rings. The van der Waals surface area contributed by atoms with Crippen LogP contribution >= 0.6 is 0 Å². The number of ether oxygens (including phenoxy) is 1. The summed E-state index contributed by atoms with van der Waals surface area (Å²) in [6, 6.07) is 16.6. The van der Waals surface area contributed by atoms with Crippen LogP contribution in [0.2, 0.25) is 0 Å². The monoisotopic (exact) mass is 282 g/mol. The molecule has 0 aromatic heterocycles. The summed E-state index contributed by atoms with van der Waals surface area (Å²) in [4.78, 5) is 0. The highest BCUT2D eigenvalue weighted by molar-refractivity contribution is 5.42. The Kier molecular flexibility index (Phi) is 3.84. The predicted octanol–water partition coefficient (Wildman–Crippen LogP) is 3.91. The van der Waals surface area contributed by atoms with Crippen LogP contribution < -0.4 is 15.6 Å². The quantitative estimate of drug-likeness (QED) is 0.834. The van der Waals surface area contributed by atoms with Crippen LogP contribution in [-0.2, 0) is 13.0 Å². The normalized spacial score (nSPS) is 15.9. The topological polar surface area (TPSA) is 33.3 Å². The Morgan fingerprint density at radius 1 is 1.10 bits per heavy atom. The van der Waals surface area contributed by atoms with Crippen molar-refractivity contribution in [2.75, 3.05) is 5.43 Å². The molecule has 3 nitrogen and oxygen atoms in total. The zero-order valence-corrected chi connectivity index (χ0v) is 12.6. The first-order valence-electron chi connectivity index (χ1n) is 7.47. The molecule has 3 heteroatoms. The highest BCUT2D eigenvalue weighted by atomic mass is 16.5. The van der Waals surface area contributed by atoms with Gasteiger partial charge >= 0.3 is 0 Å². The molecule has 0 radical (unpaired) electrons. The third-order valence-electron chi connectivity index (χ3n) is 3.81. The van der Waals surface area contributed by atoms with Gasteiger partial charge in [-0.1, -0.05) is 30.3 Å². The zero-order chi connectivity index (χ0) is 14.7. The summed E-state index contributed by atoms with van der Waals surface area (Å²) in [6.07, 6.45) is 2.15.